The highest BCUT2D eigenvalue weighted by Gasteiger charge is 2.87. The molecule has 9 heavy (non-hydrogen) atoms. The molecule has 0 aromatic carbocycles. The number of hydrogen-bond donors (Lipinski definition) is 0. The van der Waals surface area contributed by atoms with E-state index in [0.717, 1.165) is 0 Å². The first-order valence-electron chi connectivity index (χ1n) is 3.21. The fourth-order valence-corrected chi connectivity index (χ4v) is 1.12. The van der Waals surface area contributed by atoms with Crippen molar-refractivity contribution in [1.82, 2.24) is 0 Å². The molecule has 0 aliphatic heterocycles. The molecular weight excluding hydrogens is 116 g/mol. The number of hydrogen-bond acceptors (Lipinski definition) is 2. The van der Waals surface area contributed by atoms with Crippen LogP contribution < -0.4 is 0 Å². The average molecular weight is 125 g/mol. The summed E-state index contributed by atoms with van der Waals surface area (Å²) >= 11 is 0. The molecule has 0 spiro atoms. The molecule has 0 atom stereocenters. The molecule has 0 amide bonds. The molecule has 2 aliphatic carbocycles. The van der Waals surface area contributed by atoms with Crippen molar-refractivity contribution in [3.63, 3.8) is 0 Å². The van der Waals surface area contributed by atoms with Crippen molar-refractivity contribution in [2.75, 3.05) is 6.61 Å². The Hall–Kier alpha value is -0.660. The van der Waals surface area contributed by atoms with E-state index in [9.17, 15) is 4.79 Å². The van der Waals surface area contributed by atoms with Crippen LogP contribution in [0.15, 0.2) is 0 Å². The van der Waals surface area contributed by atoms with E-state index in [1.807, 2.05) is 0 Å². The second-order valence-corrected chi connectivity index (χ2v) is 3.02. The smallest absolute Gasteiger partial charge is 0.302 e. The molecule has 48 valence electrons. The van der Waals surface area contributed by atoms with Crippen molar-refractivity contribution in [3.05, 3.63) is 5.92 Å². The van der Waals surface area contributed by atoms with Gasteiger partial charge >= 0.3 is 5.97 Å². The van der Waals surface area contributed by atoms with E-state index in [4.69, 9.17) is 4.74 Å². The van der Waals surface area contributed by atoms with Gasteiger partial charge in [-0.25, -0.2) is 0 Å². The van der Waals surface area contributed by atoms with Crippen molar-refractivity contribution in [1.29, 1.82) is 0 Å². The van der Waals surface area contributed by atoms with Gasteiger partial charge in [-0.15, -0.1) is 0 Å². The van der Waals surface area contributed by atoms with Gasteiger partial charge in [0.15, 0.2) is 0 Å². The van der Waals surface area contributed by atoms with Crippen LogP contribution in [0.25, 0.3) is 0 Å². The van der Waals surface area contributed by atoms with Crippen molar-refractivity contribution in [3.8, 4) is 0 Å². The van der Waals surface area contributed by atoms with Crippen LogP contribution in [-0.4, -0.2) is 12.6 Å². The van der Waals surface area contributed by atoms with Gasteiger partial charge in [0.2, 0.25) is 5.41 Å². The standard InChI is InChI=1S/C7H9O2/c1-5(8)9-4-7-2-6(7)3-7/h2-4H2,1H3/q+1. The highest BCUT2D eigenvalue weighted by Crippen LogP contribution is 2.77. The molecule has 0 aromatic rings. The predicted molar refractivity (Wildman–Crippen MR) is 31.5 cm³/mol. The summed E-state index contributed by atoms with van der Waals surface area (Å²) < 4.78 is 4.85. The third-order valence-corrected chi connectivity index (χ3v) is 2.16. The van der Waals surface area contributed by atoms with E-state index < -0.39 is 0 Å². The molecule has 2 rings (SSSR count). The summed E-state index contributed by atoms with van der Waals surface area (Å²) in [6.07, 6.45) is 2.44. The summed E-state index contributed by atoms with van der Waals surface area (Å²) in [5.74, 6) is 1.45. The minimum absolute atomic E-state index is 0.150. The fraction of sp³-hybridized carbons (Fsp3) is 0.714. The lowest BCUT2D eigenvalue weighted by Crippen LogP contribution is -2.05. The predicted octanol–water partition coefficient (Wildman–Crippen LogP) is 0.918. The maximum absolute atomic E-state index is 10.3. The molecular formula is C7H9O2+. The third-order valence-electron chi connectivity index (χ3n) is 2.16. The zero-order valence-corrected chi connectivity index (χ0v) is 5.44. The summed E-state index contributed by atoms with van der Waals surface area (Å²) in [5, 5.41) is 0. The van der Waals surface area contributed by atoms with Crippen LogP contribution in [-0.2, 0) is 9.53 Å². The Morgan fingerprint density at radius 1 is 1.78 bits per heavy atom. The Kier molecular flexibility index (Phi) is 0.718. The number of carbonyl (C=O) groups is 1. The molecule has 0 radical (unpaired) electrons. The molecule has 2 heteroatoms. The molecule has 2 nitrogen and oxygen atoms in total. The summed E-state index contributed by atoms with van der Waals surface area (Å²) in [7, 11) is 0. The number of ether oxygens (including phenoxy) is 1. The molecule has 2 fully saturated rings. The van der Waals surface area contributed by atoms with Crippen molar-refractivity contribution < 1.29 is 9.53 Å². The Morgan fingerprint density at radius 2 is 2.33 bits per heavy atom. The minimum Gasteiger partial charge on any atom is -0.460 e. The van der Waals surface area contributed by atoms with E-state index in [0.29, 0.717) is 12.0 Å². The van der Waals surface area contributed by atoms with Crippen molar-refractivity contribution in [2.24, 2.45) is 5.41 Å². The maximum Gasteiger partial charge on any atom is 0.302 e. The van der Waals surface area contributed by atoms with E-state index in [2.05, 4.69) is 0 Å². The van der Waals surface area contributed by atoms with Gasteiger partial charge in [-0.2, -0.15) is 0 Å². The van der Waals surface area contributed by atoms with Crippen LogP contribution >= 0.6 is 0 Å². The number of rotatable bonds is 2. The molecule has 0 heterocycles. The molecule has 0 bridgehead atoms. The molecule has 0 N–H and O–H groups in total. The van der Waals surface area contributed by atoms with Crippen LogP contribution in [0, 0.1) is 11.3 Å². The lowest BCUT2D eigenvalue weighted by molar-refractivity contribution is -0.142. The first-order chi connectivity index (χ1) is 4.23. The Bertz CT molecular complexity index is 156. The summed E-state index contributed by atoms with van der Waals surface area (Å²) in [4.78, 5) is 10.3. The topological polar surface area (TPSA) is 26.3 Å². The first-order valence-corrected chi connectivity index (χ1v) is 3.21. The number of esters is 1. The van der Waals surface area contributed by atoms with Gasteiger partial charge in [-0.05, 0) is 0 Å². The minimum atomic E-state index is -0.150. The van der Waals surface area contributed by atoms with Crippen molar-refractivity contribution in [2.45, 2.75) is 19.8 Å². The van der Waals surface area contributed by atoms with E-state index in [1.165, 1.54) is 19.8 Å². The molecule has 2 saturated carbocycles. The van der Waals surface area contributed by atoms with Crippen LogP contribution in [0.4, 0.5) is 0 Å². The number of fused-ring (bicyclic) bond motifs is 1. The van der Waals surface area contributed by atoms with Crippen molar-refractivity contribution >= 4 is 5.97 Å². The Balaban J connectivity index is 1.73. The van der Waals surface area contributed by atoms with Crippen LogP contribution in [0.2, 0.25) is 0 Å². The zero-order valence-electron chi connectivity index (χ0n) is 5.44. The third kappa shape index (κ3) is 0.696. The fourth-order valence-electron chi connectivity index (χ4n) is 1.12. The van der Waals surface area contributed by atoms with Crippen LogP contribution in [0.5, 0.6) is 0 Å². The van der Waals surface area contributed by atoms with E-state index >= 15 is 0 Å². The lowest BCUT2D eigenvalue weighted by Gasteiger charge is -1.94. The van der Waals surface area contributed by atoms with Gasteiger partial charge in [0, 0.05) is 6.92 Å². The second kappa shape index (κ2) is 1.25. The Labute approximate surface area is 54.2 Å². The van der Waals surface area contributed by atoms with E-state index in [-0.39, 0.29) is 5.97 Å². The second-order valence-electron chi connectivity index (χ2n) is 3.02. The largest absolute Gasteiger partial charge is 0.460 e. The van der Waals surface area contributed by atoms with Gasteiger partial charge in [0.05, 0.1) is 0 Å². The summed E-state index contributed by atoms with van der Waals surface area (Å²) in [6, 6.07) is 0. The average Bonchev–Trinajstić information content (AvgIpc) is 2.44. The SMILES string of the molecule is CC(=O)OCC12C[C+]1C2. The lowest BCUT2D eigenvalue weighted by atomic mass is 10.2. The molecule has 2 aliphatic rings. The first kappa shape index (κ1) is 5.15. The Morgan fingerprint density at radius 3 is 2.67 bits per heavy atom. The molecule has 0 saturated heterocycles. The van der Waals surface area contributed by atoms with Crippen LogP contribution in [0.3, 0.4) is 0 Å². The van der Waals surface area contributed by atoms with Crippen LogP contribution in [0.1, 0.15) is 19.8 Å². The van der Waals surface area contributed by atoms with Gasteiger partial charge in [-0.3, -0.25) is 4.79 Å². The molecule has 0 unspecified atom stereocenters. The maximum atomic E-state index is 10.3. The van der Waals surface area contributed by atoms with E-state index in [1.54, 1.807) is 5.92 Å². The summed E-state index contributed by atoms with van der Waals surface area (Å²) in [6.45, 7) is 2.11. The van der Waals surface area contributed by atoms with Gasteiger partial charge < -0.3 is 4.74 Å². The van der Waals surface area contributed by atoms with Gasteiger partial charge in [0.1, 0.15) is 25.4 Å². The highest BCUT2D eigenvalue weighted by atomic mass is 16.5. The summed E-state index contributed by atoms with van der Waals surface area (Å²) in [5.41, 5.74) is 0.422. The normalized spacial score (nSPS) is 24.8. The van der Waals surface area contributed by atoms with Gasteiger partial charge in [0.25, 0.3) is 0 Å². The monoisotopic (exact) mass is 125 g/mol. The molecule has 0 aromatic heterocycles. The van der Waals surface area contributed by atoms with Gasteiger partial charge in [-0.1, -0.05) is 0 Å². The highest BCUT2D eigenvalue weighted by molar-refractivity contribution is 5.66. The quantitative estimate of drug-likeness (QED) is 0.405. The number of carbonyl (C=O) groups excluding carboxylic acids is 1. The zero-order chi connectivity index (χ0) is 6.48.